The smallest absolute Gasteiger partial charge is 0.193 e. The molecule has 0 spiro atoms. The van der Waals surface area contributed by atoms with E-state index in [1.165, 1.54) is 5.69 Å². The molecule has 1 aliphatic rings. The Morgan fingerprint density at radius 1 is 1.33 bits per heavy atom. The van der Waals surface area contributed by atoms with Crippen LogP contribution in [0.3, 0.4) is 0 Å². The van der Waals surface area contributed by atoms with Gasteiger partial charge in [-0.1, -0.05) is 18.2 Å². The molecule has 1 atom stereocenters. The zero-order valence-electron chi connectivity index (χ0n) is 15.3. The van der Waals surface area contributed by atoms with Crippen molar-refractivity contribution in [2.75, 3.05) is 24.5 Å². The Balaban J connectivity index is 0.00000210. The largest absolute Gasteiger partial charge is 0.369 e. The first kappa shape index (κ1) is 19.9. The Morgan fingerprint density at radius 2 is 2.19 bits per heavy atom. The van der Waals surface area contributed by atoms with Crippen LogP contribution in [0.15, 0.2) is 53.1 Å². The van der Waals surface area contributed by atoms with Crippen LogP contribution in [0.5, 0.6) is 0 Å². The molecule has 0 bridgehead atoms. The van der Waals surface area contributed by atoms with E-state index in [1.54, 1.807) is 11.3 Å². The van der Waals surface area contributed by atoms with Crippen LogP contribution in [0.2, 0.25) is 0 Å². The lowest BCUT2D eigenvalue weighted by atomic mass is 10.3. The van der Waals surface area contributed by atoms with E-state index >= 15 is 0 Å². The van der Waals surface area contributed by atoms with E-state index < -0.39 is 0 Å². The number of halogens is 1. The average Bonchev–Trinajstić information content (AvgIpc) is 3.37. The highest BCUT2D eigenvalue weighted by molar-refractivity contribution is 14.0. The third-order valence-electron chi connectivity index (χ3n) is 4.54. The van der Waals surface area contributed by atoms with Crippen molar-refractivity contribution in [3.8, 4) is 0 Å². The standard InChI is InChI=1S/C19H24N6S.HI/c1-2-20-18(21-12-16-14-25-10-11-26-19(25)23-16)22-15-8-9-24(13-15)17-6-4-3-5-7-17;/h3-7,10-11,14-15H,2,8-9,12-13H2,1H3,(H2,20,21,22);1H. The molecule has 0 saturated carbocycles. The molecule has 8 heteroatoms. The van der Waals surface area contributed by atoms with Gasteiger partial charge in [0.2, 0.25) is 0 Å². The number of anilines is 1. The highest BCUT2D eigenvalue weighted by Crippen LogP contribution is 2.19. The molecule has 1 aromatic carbocycles. The van der Waals surface area contributed by atoms with Gasteiger partial charge in [-0.2, -0.15) is 0 Å². The molecule has 3 aromatic rings. The van der Waals surface area contributed by atoms with Crippen LogP contribution in [-0.4, -0.2) is 41.0 Å². The van der Waals surface area contributed by atoms with E-state index in [0.29, 0.717) is 12.6 Å². The molecule has 2 N–H and O–H groups in total. The van der Waals surface area contributed by atoms with E-state index in [9.17, 15) is 0 Å². The predicted octanol–water partition coefficient (Wildman–Crippen LogP) is 3.35. The Kier molecular flexibility index (Phi) is 6.95. The maximum absolute atomic E-state index is 4.72. The van der Waals surface area contributed by atoms with E-state index in [-0.39, 0.29) is 24.0 Å². The molecule has 1 unspecified atom stereocenters. The number of hydrogen-bond donors (Lipinski definition) is 2. The predicted molar refractivity (Wildman–Crippen MR) is 123 cm³/mol. The highest BCUT2D eigenvalue weighted by Gasteiger charge is 2.23. The lowest BCUT2D eigenvalue weighted by molar-refractivity contribution is 0.649. The molecule has 1 fully saturated rings. The average molecular weight is 496 g/mol. The van der Waals surface area contributed by atoms with Crippen LogP contribution in [-0.2, 0) is 6.54 Å². The molecule has 1 saturated heterocycles. The normalized spacial score (nSPS) is 17.1. The summed E-state index contributed by atoms with van der Waals surface area (Å²) in [4.78, 5) is 12.8. The number of para-hydroxylation sites is 1. The summed E-state index contributed by atoms with van der Waals surface area (Å²) < 4.78 is 2.05. The lowest BCUT2D eigenvalue weighted by Crippen LogP contribution is -2.44. The number of hydrogen-bond acceptors (Lipinski definition) is 4. The number of nitrogens with one attached hydrogen (secondary N) is 2. The molecule has 144 valence electrons. The van der Waals surface area contributed by atoms with Gasteiger partial charge >= 0.3 is 0 Å². The molecule has 1 aliphatic heterocycles. The van der Waals surface area contributed by atoms with Crippen LogP contribution in [0.1, 0.15) is 19.0 Å². The van der Waals surface area contributed by atoms with Gasteiger partial charge < -0.3 is 15.5 Å². The van der Waals surface area contributed by atoms with Crippen LogP contribution < -0.4 is 15.5 Å². The summed E-state index contributed by atoms with van der Waals surface area (Å²) in [6.07, 6.45) is 5.19. The number of imidazole rings is 1. The maximum Gasteiger partial charge on any atom is 0.193 e. The van der Waals surface area contributed by atoms with Crippen molar-refractivity contribution in [3.05, 3.63) is 53.8 Å². The second-order valence-corrected chi connectivity index (χ2v) is 7.30. The Hall–Kier alpha value is -1.81. The second-order valence-electron chi connectivity index (χ2n) is 6.43. The quantitative estimate of drug-likeness (QED) is 0.323. The van der Waals surface area contributed by atoms with Gasteiger partial charge in [-0.05, 0) is 25.5 Å². The summed E-state index contributed by atoms with van der Waals surface area (Å²) in [5.74, 6) is 0.865. The molecule has 6 nitrogen and oxygen atoms in total. The summed E-state index contributed by atoms with van der Waals surface area (Å²) in [5.41, 5.74) is 2.28. The van der Waals surface area contributed by atoms with Crippen molar-refractivity contribution < 1.29 is 0 Å². The molecule has 0 aliphatic carbocycles. The van der Waals surface area contributed by atoms with Crippen molar-refractivity contribution in [1.82, 2.24) is 20.0 Å². The molecule has 0 radical (unpaired) electrons. The third kappa shape index (κ3) is 4.92. The minimum absolute atomic E-state index is 0. The monoisotopic (exact) mass is 496 g/mol. The molecule has 27 heavy (non-hydrogen) atoms. The minimum Gasteiger partial charge on any atom is -0.369 e. The van der Waals surface area contributed by atoms with Gasteiger partial charge in [-0.15, -0.1) is 35.3 Å². The zero-order chi connectivity index (χ0) is 17.8. The van der Waals surface area contributed by atoms with Gasteiger partial charge in [-0.3, -0.25) is 4.40 Å². The van der Waals surface area contributed by atoms with Crippen molar-refractivity contribution in [3.63, 3.8) is 0 Å². The fourth-order valence-electron chi connectivity index (χ4n) is 3.28. The van der Waals surface area contributed by atoms with E-state index in [1.807, 2.05) is 22.2 Å². The number of aromatic nitrogens is 2. The van der Waals surface area contributed by atoms with E-state index in [4.69, 9.17) is 4.99 Å². The molecule has 4 rings (SSSR count). The van der Waals surface area contributed by atoms with E-state index in [0.717, 1.165) is 42.7 Å². The SMILES string of the molecule is CCNC(=NCc1cn2ccsc2n1)NC1CCN(c2ccccc2)C1.I. The van der Waals surface area contributed by atoms with Gasteiger partial charge in [0.05, 0.1) is 12.2 Å². The summed E-state index contributed by atoms with van der Waals surface area (Å²) >= 11 is 1.64. The fourth-order valence-corrected chi connectivity index (χ4v) is 4.00. The fraction of sp³-hybridized carbons (Fsp3) is 0.368. The Labute approximate surface area is 180 Å². The van der Waals surface area contributed by atoms with Gasteiger partial charge in [0.1, 0.15) is 0 Å². The van der Waals surface area contributed by atoms with Crippen LogP contribution in [0.4, 0.5) is 5.69 Å². The molecule has 2 aromatic heterocycles. The van der Waals surface area contributed by atoms with Crippen molar-refractivity contribution in [2.45, 2.75) is 25.9 Å². The maximum atomic E-state index is 4.72. The molecule has 0 amide bonds. The van der Waals surface area contributed by atoms with E-state index in [2.05, 4.69) is 57.8 Å². The van der Waals surface area contributed by atoms with Gasteiger partial charge in [-0.25, -0.2) is 9.98 Å². The molecular formula is C19H25IN6S. The zero-order valence-corrected chi connectivity index (χ0v) is 18.5. The van der Waals surface area contributed by atoms with Gasteiger partial charge in [0, 0.05) is 49.1 Å². The first-order valence-electron chi connectivity index (χ1n) is 9.08. The highest BCUT2D eigenvalue weighted by atomic mass is 127. The summed E-state index contributed by atoms with van der Waals surface area (Å²) in [6.45, 7) is 5.58. The number of fused-ring (bicyclic) bond motifs is 1. The third-order valence-corrected chi connectivity index (χ3v) is 5.31. The van der Waals surface area contributed by atoms with Crippen LogP contribution >= 0.6 is 35.3 Å². The summed E-state index contributed by atoms with van der Waals surface area (Å²) in [7, 11) is 0. The minimum atomic E-state index is 0. The first-order chi connectivity index (χ1) is 12.8. The lowest BCUT2D eigenvalue weighted by Gasteiger charge is -2.20. The number of thiazole rings is 1. The number of aliphatic imine (C=N–C) groups is 1. The van der Waals surface area contributed by atoms with Crippen molar-refractivity contribution >= 4 is 51.9 Å². The Bertz CT molecular complexity index is 846. The van der Waals surface area contributed by atoms with Gasteiger partial charge in [0.15, 0.2) is 10.9 Å². The molecule has 3 heterocycles. The van der Waals surface area contributed by atoms with Crippen molar-refractivity contribution in [2.24, 2.45) is 4.99 Å². The number of nitrogens with zero attached hydrogens (tertiary/aromatic N) is 4. The first-order valence-corrected chi connectivity index (χ1v) is 9.95. The van der Waals surface area contributed by atoms with Crippen LogP contribution in [0, 0.1) is 0 Å². The topological polar surface area (TPSA) is 57.0 Å². The molecular weight excluding hydrogens is 471 g/mol. The van der Waals surface area contributed by atoms with Gasteiger partial charge in [0.25, 0.3) is 0 Å². The van der Waals surface area contributed by atoms with Crippen molar-refractivity contribution in [1.29, 1.82) is 0 Å². The van der Waals surface area contributed by atoms with Crippen LogP contribution in [0.25, 0.3) is 4.96 Å². The number of benzene rings is 1. The Morgan fingerprint density at radius 3 is 2.96 bits per heavy atom. The number of guanidine groups is 1. The summed E-state index contributed by atoms with van der Waals surface area (Å²) in [5, 5.41) is 8.97. The number of rotatable bonds is 5. The second kappa shape index (κ2) is 9.41. The summed E-state index contributed by atoms with van der Waals surface area (Å²) in [6, 6.07) is 11.0.